The number of hydrogen-bond donors (Lipinski definition) is 2. The molecule has 0 aliphatic heterocycles. The van der Waals surface area contributed by atoms with Crippen molar-refractivity contribution in [3.05, 3.63) is 88.8 Å². The minimum absolute atomic E-state index is 0.0418. The number of carboxylic acids is 1. The molecule has 0 saturated heterocycles. The van der Waals surface area contributed by atoms with Crippen LogP contribution < -0.4 is 4.74 Å². The Morgan fingerprint density at radius 1 is 1.16 bits per heavy atom. The van der Waals surface area contributed by atoms with E-state index in [0.29, 0.717) is 51.6 Å². The molecule has 5 aromatic rings. The minimum Gasteiger partial charge on any atom is -0.504 e. The normalized spacial score (nSPS) is 11.4. The van der Waals surface area contributed by atoms with E-state index in [1.807, 2.05) is 36.6 Å². The van der Waals surface area contributed by atoms with Crippen LogP contribution in [0.1, 0.15) is 28.6 Å². The van der Waals surface area contributed by atoms with Crippen LogP contribution in [0.15, 0.2) is 76.3 Å². The molecule has 186 valence electrons. The van der Waals surface area contributed by atoms with Gasteiger partial charge >= 0.3 is 5.97 Å². The topological polar surface area (TPSA) is 110 Å². The number of phenolic OH excluding ortho intramolecular Hbond substituents is 1. The Bertz CT molecular complexity index is 1670. The van der Waals surface area contributed by atoms with Gasteiger partial charge in [0, 0.05) is 22.3 Å². The number of carboxylic acid groups (broad SMARTS) is 1. The number of rotatable bonds is 7. The zero-order valence-corrected chi connectivity index (χ0v) is 20.7. The van der Waals surface area contributed by atoms with Crippen molar-refractivity contribution in [2.45, 2.75) is 13.8 Å². The van der Waals surface area contributed by atoms with Crippen molar-refractivity contribution in [2.24, 2.45) is 4.99 Å². The Balaban J connectivity index is 1.58. The lowest BCUT2D eigenvalue weighted by molar-refractivity contribution is 0.0697. The molecule has 0 bridgehead atoms. The van der Waals surface area contributed by atoms with Crippen LogP contribution in [0.3, 0.4) is 0 Å². The molecule has 2 aromatic carbocycles. The summed E-state index contributed by atoms with van der Waals surface area (Å²) in [6.45, 7) is 4.23. The molecule has 5 rings (SSSR count). The molecule has 9 heteroatoms. The molecule has 0 radical (unpaired) electrons. The highest BCUT2D eigenvalue weighted by Crippen LogP contribution is 2.37. The smallest absolute Gasteiger partial charge is 0.336 e. The maximum atomic E-state index is 11.7. The summed E-state index contributed by atoms with van der Waals surface area (Å²) in [5.74, 6) is 0.643. The first kappa shape index (κ1) is 24.1. The number of aromatic nitrogens is 2. The number of benzene rings is 2. The molecule has 0 aliphatic rings. The number of furan rings is 1. The number of aryl methyl sites for hydroxylation is 1. The molecular formula is C28H22ClN3O5. The average Bonchev–Trinajstić information content (AvgIpc) is 3.48. The average molecular weight is 516 g/mol. The summed E-state index contributed by atoms with van der Waals surface area (Å²) in [6.07, 6.45) is 3.43. The number of aliphatic imine (C=N–C) groups is 1. The van der Waals surface area contributed by atoms with E-state index in [2.05, 4.69) is 4.99 Å². The fraction of sp³-hybridized carbons (Fsp3) is 0.107. The van der Waals surface area contributed by atoms with Gasteiger partial charge in [-0.2, -0.15) is 0 Å². The number of carbonyl (C=O) groups is 1. The molecule has 8 nitrogen and oxygen atoms in total. The number of ether oxygens (including phenoxy) is 1. The fourth-order valence-electron chi connectivity index (χ4n) is 3.98. The third-order valence-electron chi connectivity index (χ3n) is 5.71. The van der Waals surface area contributed by atoms with Gasteiger partial charge in [0.2, 0.25) is 0 Å². The molecular weight excluding hydrogens is 494 g/mol. The predicted octanol–water partition coefficient (Wildman–Crippen LogP) is 6.78. The summed E-state index contributed by atoms with van der Waals surface area (Å²) >= 11 is 6.09. The van der Waals surface area contributed by atoms with Crippen molar-refractivity contribution in [1.29, 1.82) is 0 Å². The summed E-state index contributed by atoms with van der Waals surface area (Å²) < 4.78 is 13.3. The van der Waals surface area contributed by atoms with Gasteiger partial charge in [0.1, 0.15) is 22.9 Å². The third-order valence-corrected chi connectivity index (χ3v) is 5.94. The quantitative estimate of drug-likeness (QED) is 0.231. The van der Waals surface area contributed by atoms with Crippen LogP contribution in [-0.2, 0) is 0 Å². The van der Waals surface area contributed by atoms with Gasteiger partial charge in [-0.1, -0.05) is 11.6 Å². The molecule has 0 fully saturated rings. The van der Waals surface area contributed by atoms with Gasteiger partial charge < -0.3 is 19.4 Å². The summed E-state index contributed by atoms with van der Waals surface area (Å²) in [7, 11) is 0. The zero-order valence-electron chi connectivity index (χ0n) is 20.0. The third kappa shape index (κ3) is 4.79. The number of aromatic carboxylic acids is 1. The molecule has 0 saturated carbocycles. The summed E-state index contributed by atoms with van der Waals surface area (Å²) in [4.78, 5) is 21.1. The van der Waals surface area contributed by atoms with Crippen LogP contribution in [0.4, 0.5) is 5.82 Å². The van der Waals surface area contributed by atoms with Gasteiger partial charge in [0.15, 0.2) is 17.3 Å². The number of imidazole rings is 1. The standard InChI is InChI=1S/C28H22ClN3O5/c1-3-36-24-13-17(4-8-22(24)33)26-27(32-11-10-16(2)12-25(32)31-26)30-15-19-6-9-23(37-19)21-14-18(29)5-7-20(21)28(34)35/h4-15,33H,3H2,1-2H3,(H,34,35)/b30-15+. The van der Waals surface area contributed by atoms with Crippen molar-refractivity contribution < 1.29 is 24.2 Å². The highest BCUT2D eigenvalue weighted by molar-refractivity contribution is 6.31. The number of hydrogen-bond acceptors (Lipinski definition) is 6. The highest BCUT2D eigenvalue weighted by Gasteiger charge is 2.17. The lowest BCUT2D eigenvalue weighted by Crippen LogP contribution is -1.98. The lowest BCUT2D eigenvalue weighted by Gasteiger charge is -2.07. The van der Waals surface area contributed by atoms with Crippen LogP contribution in [0.5, 0.6) is 11.5 Å². The SMILES string of the molecule is CCOc1cc(-c2nc3cc(C)ccn3c2/N=C/c2ccc(-c3cc(Cl)ccc3C(=O)O)o2)ccc1O. The van der Waals surface area contributed by atoms with E-state index in [-0.39, 0.29) is 11.3 Å². The number of fused-ring (bicyclic) bond motifs is 1. The molecule has 37 heavy (non-hydrogen) atoms. The zero-order chi connectivity index (χ0) is 26.1. The second-order valence-corrected chi connectivity index (χ2v) is 8.72. The summed E-state index contributed by atoms with van der Waals surface area (Å²) in [6, 6.07) is 16.8. The van der Waals surface area contributed by atoms with Crippen molar-refractivity contribution >= 4 is 35.2 Å². The van der Waals surface area contributed by atoms with Crippen LogP contribution in [0.25, 0.3) is 28.2 Å². The number of nitrogens with zero attached hydrogens (tertiary/aromatic N) is 3. The second-order valence-electron chi connectivity index (χ2n) is 8.29. The Hall–Kier alpha value is -4.56. The van der Waals surface area contributed by atoms with Gasteiger partial charge in [-0.15, -0.1) is 0 Å². The van der Waals surface area contributed by atoms with Crippen molar-refractivity contribution in [2.75, 3.05) is 6.61 Å². The van der Waals surface area contributed by atoms with Crippen LogP contribution in [0, 0.1) is 6.92 Å². The highest BCUT2D eigenvalue weighted by atomic mass is 35.5. The summed E-state index contributed by atoms with van der Waals surface area (Å²) in [5.41, 5.74) is 3.53. The molecule has 0 aliphatic carbocycles. The fourth-order valence-corrected chi connectivity index (χ4v) is 4.15. The van der Waals surface area contributed by atoms with Gasteiger partial charge in [0.05, 0.1) is 18.4 Å². The monoisotopic (exact) mass is 515 g/mol. The lowest BCUT2D eigenvalue weighted by atomic mass is 10.1. The Kier molecular flexibility index (Phi) is 6.42. The second kappa shape index (κ2) is 9.83. The maximum absolute atomic E-state index is 11.7. The first-order valence-corrected chi connectivity index (χ1v) is 11.8. The molecule has 0 unspecified atom stereocenters. The number of aromatic hydroxyl groups is 1. The van der Waals surface area contributed by atoms with Crippen LogP contribution in [0.2, 0.25) is 5.02 Å². The molecule has 0 spiro atoms. The number of phenols is 1. The van der Waals surface area contributed by atoms with Crippen LogP contribution in [-0.4, -0.2) is 38.4 Å². The first-order valence-electron chi connectivity index (χ1n) is 11.5. The Morgan fingerprint density at radius 3 is 2.78 bits per heavy atom. The molecule has 0 amide bonds. The molecule has 3 aromatic heterocycles. The van der Waals surface area contributed by atoms with E-state index < -0.39 is 5.97 Å². The van der Waals surface area contributed by atoms with E-state index in [1.165, 1.54) is 12.1 Å². The Labute approximate surface area is 217 Å². The summed E-state index contributed by atoms with van der Waals surface area (Å²) in [5, 5.41) is 20.1. The van der Waals surface area contributed by atoms with E-state index in [9.17, 15) is 15.0 Å². The number of pyridine rings is 1. The predicted molar refractivity (Wildman–Crippen MR) is 142 cm³/mol. The molecule has 0 atom stereocenters. The van der Waals surface area contributed by atoms with Gasteiger partial charge in [-0.3, -0.25) is 4.40 Å². The van der Waals surface area contributed by atoms with Crippen molar-refractivity contribution in [3.8, 4) is 34.1 Å². The Morgan fingerprint density at radius 2 is 2.00 bits per heavy atom. The molecule has 2 N–H and O–H groups in total. The van der Waals surface area contributed by atoms with Gasteiger partial charge in [-0.05, 0) is 80.1 Å². The van der Waals surface area contributed by atoms with Gasteiger partial charge in [-0.25, -0.2) is 14.8 Å². The maximum Gasteiger partial charge on any atom is 0.336 e. The molecule has 3 heterocycles. The van der Waals surface area contributed by atoms with E-state index >= 15 is 0 Å². The van der Waals surface area contributed by atoms with Crippen molar-refractivity contribution in [3.63, 3.8) is 0 Å². The van der Waals surface area contributed by atoms with Crippen LogP contribution >= 0.6 is 11.6 Å². The van der Waals surface area contributed by atoms with Crippen molar-refractivity contribution in [1.82, 2.24) is 9.38 Å². The largest absolute Gasteiger partial charge is 0.504 e. The first-order chi connectivity index (χ1) is 17.8. The van der Waals surface area contributed by atoms with E-state index in [0.717, 1.165) is 11.1 Å². The minimum atomic E-state index is -1.08. The van der Waals surface area contributed by atoms with E-state index in [4.69, 9.17) is 25.7 Å². The van der Waals surface area contributed by atoms with Gasteiger partial charge in [0.25, 0.3) is 0 Å². The van der Waals surface area contributed by atoms with E-state index in [1.54, 1.807) is 42.6 Å². The number of halogens is 1.